The highest BCUT2D eigenvalue weighted by Crippen LogP contribution is 2.35. The van der Waals surface area contributed by atoms with Gasteiger partial charge in [-0.05, 0) is 52.7 Å². The molecule has 1 amide bonds. The van der Waals surface area contributed by atoms with Crippen molar-refractivity contribution in [3.05, 3.63) is 35.4 Å². The highest BCUT2D eigenvalue weighted by molar-refractivity contribution is 8.13. The minimum atomic E-state index is -0.552. The van der Waals surface area contributed by atoms with Gasteiger partial charge in [0.25, 0.3) is 0 Å². The monoisotopic (exact) mass is 348 g/mol. The van der Waals surface area contributed by atoms with Gasteiger partial charge in [0.15, 0.2) is 11.0 Å². The first kappa shape index (κ1) is 18.5. The van der Waals surface area contributed by atoms with Crippen LogP contribution in [-0.2, 0) is 10.3 Å². The van der Waals surface area contributed by atoms with Gasteiger partial charge in [-0.25, -0.2) is 4.79 Å². The van der Waals surface area contributed by atoms with Gasteiger partial charge >= 0.3 is 6.09 Å². The number of ether oxygens (including phenoxy) is 1. The van der Waals surface area contributed by atoms with E-state index < -0.39 is 17.2 Å². The molecule has 24 heavy (non-hydrogen) atoms. The molecular formula is C18H24N2O3S. The van der Waals surface area contributed by atoms with Gasteiger partial charge in [0, 0.05) is 11.3 Å². The molecule has 1 aliphatic heterocycles. The first-order chi connectivity index (χ1) is 11.1. The van der Waals surface area contributed by atoms with Crippen molar-refractivity contribution in [2.45, 2.75) is 52.2 Å². The third-order valence-corrected chi connectivity index (χ3v) is 4.55. The summed E-state index contributed by atoms with van der Waals surface area (Å²) < 4.78 is 5.28. The van der Waals surface area contributed by atoms with Crippen LogP contribution in [0.5, 0.6) is 0 Å². The Kier molecular flexibility index (Phi) is 5.38. The molecule has 0 bridgehead atoms. The number of alkyl carbamates (subject to hydrolysis) is 1. The van der Waals surface area contributed by atoms with E-state index in [4.69, 9.17) is 9.73 Å². The molecule has 2 rings (SSSR count). The Balaban J connectivity index is 2.22. The number of hydrogen-bond donors (Lipinski definition) is 1. The predicted molar refractivity (Wildman–Crippen MR) is 97.7 cm³/mol. The molecule has 1 aromatic carbocycles. The Hall–Kier alpha value is -1.82. The molecule has 5 nitrogen and oxygen atoms in total. The number of benzene rings is 1. The second-order valence-electron chi connectivity index (χ2n) is 7.05. The van der Waals surface area contributed by atoms with Crippen LogP contribution in [0.25, 0.3) is 0 Å². The van der Waals surface area contributed by atoms with E-state index in [0.29, 0.717) is 10.7 Å². The molecule has 1 aliphatic rings. The van der Waals surface area contributed by atoms with Crippen LogP contribution in [0.1, 0.15) is 57.0 Å². The van der Waals surface area contributed by atoms with E-state index in [1.165, 1.54) is 11.8 Å². The minimum Gasteiger partial charge on any atom is -0.444 e. The summed E-state index contributed by atoms with van der Waals surface area (Å²) in [6, 6.07) is 7.52. The fraction of sp³-hybridized carbons (Fsp3) is 0.500. The lowest BCUT2D eigenvalue weighted by Crippen LogP contribution is -2.38. The first-order valence-electron chi connectivity index (χ1n) is 7.93. The van der Waals surface area contributed by atoms with Gasteiger partial charge in [-0.15, -0.1) is 0 Å². The molecular weight excluding hydrogens is 324 g/mol. The lowest BCUT2D eigenvalue weighted by molar-refractivity contribution is 0.0564. The maximum atomic E-state index is 11.9. The van der Waals surface area contributed by atoms with E-state index in [0.717, 1.165) is 17.7 Å². The molecule has 6 heteroatoms. The number of nitrogens with one attached hydrogen (secondary N) is 1. The summed E-state index contributed by atoms with van der Waals surface area (Å²) in [5.74, 6) is 0.858. The Morgan fingerprint density at radius 2 is 2.04 bits per heavy atom. The molecule has 0 fully saturated rings. The third kappa shape index (κ3) is 4.84. The number of thioether (sulfide) groups is 1. The molecule has 1 atom stereocenters. The lowest BCUT2D eigenvalue weighted by Gasteiger charge is -2.31. The average molecular weight is 348 g/mol. The number of aliphatic imine (C=N–C) groups is 1. The van der Waals surface area contributed by atoms with E-state index in [1.54, 1.807) is 13.0 Å². The standard InChI is InChI=1S/C18H24N2O3S/c1-12(21)13-7-6-8-14(11-13)18(5)9-10-24-15(20-18)19-16(22)23-17(2,3)4/h6-8,11H,9-10H2,1-5H3,(H,19,20,22). The van der Waals surface area contributed by atoms with Crippen molar-refractivity contribution in [1.29, 1.82) is 0 Å². The van der Waals surface area contributed by atoms with Gasteiger partial charge in [0.05, 0.1) is 5.54 Å². The molecule has 0 aliphatic carbocycles. The van der Waals surface area contributed by atoms with Crippen LogP contribution in [0.4, 0.5) is 4.79 Å². The first-order valence-corrected chi connectivity index (χ1v) is 8.92. The fourth-order valence-electron chi connectivity index (χ4n) is 2.40. The largest absolute Gasteiger partial charge is 0.444 e. The number of amidine groups is 1. The normalized spacial score (nSPS) is 21.0. The maximum absolute atomic E-state index is 11.9. The molecule has 0 spiro atoms. The fourth-order valence-corrected chi connectivity index (χ4v) is 3.51. The lowest BCUT2D eigenvalue weighted by atomic mass is 9.88. The van der Waals surface area contributed by atoms with Crippen molar-refractivity contribution in [1.82, 2.24) is 5.32 Å². The predicted octanol–water partition coefficient (Wildman–Crippen LogP) is 4.12. The Bertz CT molecular complexity index is 679. The molecule has 0 aromatic heterocycles. The molecule has 0 radical (unpaired) electrons. The average Bonchev–Trinajstić information content (AvgIpc) is 2.45. The molecule has 1 heterocycles. The van der Waals surface area contributed by atoms with Crippen molar-refractivity contribution >= 4 is 28.8 Å². The van der Waals surface area contributed by atoms with Crippen molar-refractivity contribution in [3.63, 3.8) is 0 Å². The van der Waals surface area contributed by atoms with Crippen LogP contribution in [0, 0.1) is 0 Å². The van der Waals surface area contributed by atoms with Crippen LogP contribution in [0.15, 0.2) is 29.3 Å². The van der Waals surface area contributed by atoms with Crippen LogP contribution < -0.4 is 5.32 Å². The van der Waals surface area contributed by atoms with Gasteiger partial charge in [-0.2, -0.15) is 0 Å². The number of nitrogens with zero attached hydrogens (tertiary/aromatic N) is 1. The molecule has 1 aromatic rings. The number of carbonyl (C=O) groups excluding carboxylic acids is 2. The van der Waals surface area contributed by atoms with Crippen molar-refractivity contribution in [2.75, 3.05) is 5.75 Å². The SMILES string of the molecule is CC(=O)c1cccc(C2(C)CCSC(NC(=O)OC(C)(C)C)=N2)c1. The van der Waals surface area contributed by atoms with Crippen LogP contribution in [0.2, 0.25) is 0 Å². The zero-order chi connectivity index (χ0) is 18.0. The number of ketones is 1. The highest BCUT2D eigenvalue weighted by atomic mass is 32.2. The summed E-state index contributed by atoms with van der Waals surface area (Å²) in [4.78, 5) is 28.3. The number of hydrogen-bond acceptors (Lipinski definition) is 5. The minimum absolute atomic E-state index is 0.0294. The van der Waals surface area contributed by atoms with E-state index >= 15 is 0 Å². The van der Waals surface area contributed by atoms with Gasteiger partial charge < -0.3 is 4.74 Å². The summed E-state index contributed by atoms with van der Waals surface area (Å²) in [6.07, 6.45) is 0.328. The number of Topliss-reactive ketones (excluding diaryl/α,β-unsaturated/α-hetero) is 1. The summed E-state index contributed by atoms with van der Waals surface area (Å²) in [5.41, 5.74) is 0.618. The molecule has 0 saturated heterocycles. The van der Waals surface area contributed by atoms with Gasteiger partial charge in [-0.3, -0.25) is 15.1 Å². The van der Waals surface area contributed by atoms with Crippen molar-refractivity contribution < 1.29 is 14.3 Å². The molecule has 1 N–H and O–H groups in total. The van der Waals surface area contributed by atoms with Crippen LogP contribution in [0.3, 0.4) is 0 Å². The Labute approximate surface area is 147 Å². The van der Waals surface area contributed by atoms with Crippen molar-refractivity contribution in [3.8, 4) is 0 Å². The smallest absolute Gasteiger partial charge is 0.413 e. The summed E-state index contributed by atoms with van der Waals surface area (Å²) in [5, 5.41) is 3.27. The van der Waals surface area contributed by atoms with Gasteiger partial charge in [0.1, 0.15) is 5.60 Å². The summed E-state index contributed by atoms with van der Waals surface area (Å²) in [7, 11) is 0. The Morgan fingerprint density at radius 1 is 1.33 bits per heavy atom. The Morgan fingerprint density at radius 3 is 2.67 bits per heavy atom. The van der Waals surface area contributed by atoms with E-state index in [2.05, 4.69) is 5.32 Å². The van der Waals surface area contributed by atoms with Crippen LogP contribution in [-0.4, -0.2) is 28.4 Å². The van der Waals surface area contributed by atoms with Gasteiger partial charge in [-0.1, -0.05) is 30.0 Å². The second kappa shape index (κ2) is 6.97. The zero-order valence-corrected chi connectivity index (χ0v) is 15.6. The van der Waals surface area contributed by atoms with E-state index in [9.17, 15) is 9.59 Å². The maximum Gasteiger partial charge on any atom is 0.413 e. The van der Waals surface area contributed by atoms with E-state index in [1.807, 2.05) is 45.9 Å². The quantitative estimate of drug-likeness (QED) is 0.816. The van der Waals surface area contributed by atoms with E-state index in [-0.39, 0.29) is 5.78 Å². The highest BCUT2D eigenvalue weighted by Gasteiger charge is 2.31. The number of rotatable bonds is 2. The second-order valence-corrected chi connectivity index (χ2v) is 8.14. The number of carbonyl (C=O) groups is 2. The summed E-state index contributed by atoms with van der Waals surface area (Å²) in [6.45, 7) is 9.03. The third-order valence-electron chi connectivity index (χ3n) is 3.67. The summed E-state index contributed by atoms with van der Waals surface area (Å²) >= 11 is 1.50. The zero-order valence-electron chi connectivity index (χ0n) is 14.8. The van der Waals surface area contributed by atoms with Crippen molar-refractivity contribution in [2.24, 2.45) is 4.99 Å². The molecule has 1 unspecified atom stereocenters. The number of amides is 1. The van der Waals surface area contributed by atoms with Crippen LogP contribution >= 0.6 is 11.8 Å². The molecule has 130 valence electrons. The van der Waals surface area contributed by atoms with Gasteiger partial charge in [0.2, 0.25) is 0 Å². The topological polar surface area (TPSA) is 67.8 Å². The molecule has 0 saturated carbocycles.